The third-order valence-corrected chi connectivity index (χ3v) is 6.72. The number of methoxy groups -OCH3 is 1. The Morgan fingerprint density at radius 1 is 1.06 bits per heavy atom. The van der Waals surface area contributed by atoms with Crippen molar-refractivity contribution in [3.8, 4) is 17.1 Å². The summed E-state index contributed by atoms with van der Waals surface area (Å²) in [6, 6.07) is 22.7. The number of thiocarbonyl (C=S) groups is 1. The Hall–Kier alpha value is -3.06. The molecule has 0 spiro atoms. The summed E-state index contributed by atoms with van der Waals surface area (Å²) in [6.45, 7) is 0.599. The summed E-state index contributed by atoms with van der Waals surface area (Å²) in [6.07, 6.45) is 1.78. The van der Waals surface area contributed by atoms with Crippen LogP contribution in [0.3, 0.4) is 0 Å². The second kappa shape index (κ2) is 9.66. The van der Waals surface area contributed by atoms with Crippen LogP contribution in [0.1, 0.15) is 29.1 Å². The van der Waals surface area contributed by atoms with Gasteiger partial charge in [-0.05, 0) is 72.4 Å². The van der Waals surface area contributed by atoms with Gasteiger partial charge in [0.15, 0.2) is 5.11 Å². The second-order valence-corrected chi connectivity index (χ2v) is 9.16. The molecule has 0 unspecified atom stereocenters. The maximum absolute atomic E-state index is 6.43. The van der Waals surface area contributed by atoms with Gasteiger partial charge in [0.05, 0.1) is 23.9 Å². The molecule has 2 aromatic carbocycles. The number of halogens is 2. The Balaban J connectivity index is 1.52. The molecule has 1 aliphatic rings. The van der Waals surface area contributed by atoms with E-state index in [-0.39, 0.29) is 12.1 Å². The molecule has 1 N–H and O–H groups in total. The van der Waals surface area contributed by atoms with E-state index in [4.69, 9.17) is 44.6 Å². The first kappa shape index (κ1) is 22.7. The molecule has 4 aromatic rings. The molecule has 0 bridgehead atoms. The van der Waals surface area contributed by atoms with E-state index in [9.17, 15) is 0 Å². The highest BCUT2D eigenvalue weighted by molar-refractivity contribution is 7.80. The molecule has 1 fully saturated rings. The van der Waals surface area contributed by atoms with Gasteiger partial charge in [-0.3, -0.25) is 4.98 Å². The summed E-state index contributed by atoms with van der Waals surface area (Å²) in [5.74, 6) is 2.24. The van der Waals surface area contributed by atoms with Crippen molar-refractivity contribution in [3.63, 3.8) is 0 Å². The Morgan fingerprint density at radius 3 is 2.59 bits per heavy atom. The van der Waals surface area contributed by atoms with Gasteiger partial charge in [-0.25, -0.2) is 0 Å². The van der Waals surface area contributed by atoms with Crippen LogP contribution in [0.2, 0.25) is 10.0 Å². The summed E-state index contributed by atoms with van der Waals surface area (Å²) in [4.78, 5) is 6.71. The molecular formula is C26H21Cl2N3O2S. The van der Waals surface area contributed by atoms with Crippen LogP contribution in [0.15, 0.2) is 83.4 Å². The van der Waals surface area contributed by atoms with Crippen LogP contribution in [-0.2, 0) is 6.54 Å². The third kappa shape index (κ3) is 4.49. The van der Waals surface area contributed by atoms with Gasteiger partial charge in [-0.15, -0.1) is 0 Å². The van der Waals surface area contributed by atoms with Crippen LogP contribution in [-0.4, -0.2) is 22.1 Å². The first-order chi connectivity index (χ1) is 16.5. The number of benzene rings is 2. The summed E-state index contributed by atoms with van der Waals surface area (Å²) < 4.78 is 11.7. The van der Waals surface area contributed by atoms with Crippen LogP contribution in [0.5, 0.6) is 5.75 Å². The smallest absolute Gasteiger partial charge is 0.170 e. The lowest BCUT2D eigenvalue weighted by molar-refractivity contribution is 0.269. The molecule has 2 aromatic heterocycles. The van der Waals surface area contributed by atoms with Gasteiger partial charge in [0, 0.05) is 23.3 Å². The predicted octanol–water partition coefficient (Wildman–Crippen LogP) is 6.83. The van der Waals surface area contributed by atoms with E-state index in [0.717, 1.165) is 28.3 Å². The number of nitrogens with one attached hydrogen (secondary N) is 1. The van der Waals surface area contributed by atoms with Gasteiger partial charge in [0.2, 0.25) is 0 Å². The van der Waals surface area contributed by atoms with Crippen LogP contribution in [0.25, 0.3) is 11.3 Å². The number of hydrogen-bond donors (Lipinski definition) is 1. The standard InChI is InChI=1S/C26H21Cl2N3O2S/c1-32-18-8-5-16(6-9-18)15-31-25(24(30-26(31)34)21-4-2-3-13-29-21)23-12-11-22(33-23)19-10-7-17(27)14-20(19)28/h2-14,24-25H,15H2,1H3,(H,30,34)/t24-,25+/m1/s1. The lowest BCUT2D eigenvalue weighted by Gasteiger charge is -2.26. The minimum atomic E-state index is -0.204. The van der Waals surface area contributed by atoms with Crippen LogP contribution in [0, 0.1) is 0 Å². The van der Waals surface area contributed by atoms with Gasteiger partial charge in [0.1, 0.15) is 23.3 Å². The number of rotatable bonds is 6. The Bertz CT molecular complexity index is 1310. The zero-order valence-corrected chi connectivity index (χ0v) is 20.6. The largest absolute Gasteiger partial charge is 0.497 e. The normalized spacial score (nSPS) is 17.6. The lowest BCUT2D eigenvalue weighted by atomic mass is 10.0. The fourth-order valence-corrected chi connectivity index (χ4v) is 4.96. The first-order valence-corrected chi connectivity index (χ1v) is 11.9. The number of pyridine rings is 1. The first-order valence-electron chi connectivity index (χ1n) is 10.7. The maximum Gasteiger partial charge on any atom is 0.170 e. The van der Waals surface area contributed by atoms with Gasteiger partial charge in [-0.2, -0.15) is 0 Å². The third-order valence-electron chi connectivity index (χ3n) is 5.82. The molecule has 3 heterocycles. The molecule has 34 heavy (non-hydrogen) atoms. The zero-order valence-electron chi connectivity index (χ0n) is 18.2. The van der Waals surface area contributed by atoms with Crippen molar-refractivity contribution in [1.29, 1.82) is 0 Å². The molecule has 0 radical (unpaired) electrons. The number of nitrogens with zero attached hydrogens (tertiary/aromatic N) is 2. The molecule has 1 aliphatic heterocycles. The highest BCUT2D eigenvalue weighted by atomic mass is 35.5. The second-order valence-electron chi connectivity index (χ2n) is 7.93. The molecule has 1 saturated heterocycles. The number of ether oxygens (including phenoxy) is 1. The van der Waals surface area contributed by atoms with Crippen molar-refractivity contribution in [2.24, 2.45) is 0 Å². The molecular weight excluding hydrogens is 489 g/mol. The van der Waals surface area contributed by atoms with Crippen molar-refractivity contribution in [1.82, 2.24) is 15.2 Å². The van der Waals surface area contributed by atoms with E-state index >= 15 is 0 Å². The number of hydrogen-bond acceptors (Lipinski definition) is 4. The topological polar surface area (TPSA) is 50.5 Å². The lowest BCUT2D eigenvalue weighted by Crippen LogP contribution is -2.29. The van der Waals surface area contributed by atoms with Crippen molar-refractivity contribution < 1.29 is 9.15 Å². The van der Waals surface area contributed by atoms with Crippen molar-refractivity contribution >= 4 is 40.5 Å². The minimum Gasteiger partial charge on any atom is -0.497 e. The Morgan fingerprint density at radius 2 is 1.88 bits per heavy atom. The molecule has 2 atom stereocenters. The quantitative estimate of drug-likeness (QED) is 0.287. The average molecular weight is 510 g/mol. The highest BCUT2D eigenvalue weighted by Crippen LogP contribution is 2.42. The van der Waals surface area contributed by atoms with Gasteiger partial charge in [0.25, 0.3) is 0 Å². The van der Waals surface area contributed by atoms with E-state index in [0.29, 0.717) is 27.5 Å². The molecule has 0 amide bonds. The van der Waals surface area contributed by atoms with E-state index < -0.39 is 0 Å². The summed E-state index contributed by atoms with van der Waals surface area (Å²) in [7, 11) is 1.66. The summed E-state index contributed by atoms with van der Waals surface area (Å²) >= 11 is 18.3. The number of aromatic nitrogens is 1. The van der Waals surface area contributed by atoms with Crippen LogP contribution < -0.4 is 10.1 Å². The molecule has 5 rings (SSSR count). The fraction of sp³-hybridized carbons (Fsp3) is 0.154. The molecule has 5 nitrogen and oxygen atoms in total. The molecule has 0 aliphatic carbocycles. The molecule has 172 valence electrons. The van der Waals surface area contributed by atoms with Gasteiger partial charge >= 0.3 is 0 Å². The van der Waals surface area contributed by atoms with Crippen molar-refractivity contribution in [2.75, 3.05) is 7.11 Å². The van der Waals surface area contributed by atoms with Crippen LogP contribution >= 0.6 is 35.4 Å². The fourth-order valence-electron chi connectivity index (χ4n) is 4.16. The minimum absolute atomic E-state index is 0.174. The van der Waals surface area contributed by atoms with E-state index in [1.165, 1.54) is 0 Å². The van der Waals surface area contributed by atoms with Gasteiger partial charge in [-0.1, -0.05) is 41.4 Å². The number of furan rings is 1. The monoisotopic (exact) mass is 509 g/mol. The average Bonchev–Trinajstić information content (AvgIpc) is 3.45. The predicted molar refractivity (Wildman–Crippen MR) is 138 cm³/mol. The Labute approximate surface area is 213 Å². The van der Waals surface area contributed by atoms with E-state index in [1.54, 1.807) is 25.4 Å². The molecule has 8 heteroatoms. The van der Waals surface area contributed by atoms with Gasteiger partial charge < -0.3 is 19.4 Å². The Kier molecular flexibility index (Phi) is 6.46. The SMILES string of the molecule is COc1ccc(CN2C(=S)N[C@H](c3ccccn3)[C@@H]2c2ccc(-c3ccc(Cl)cc3Cl)o2)cc1. The highest BCUT2D eigenvalue weighted by Gasteiger charge is 2.41. The molecule has 0 saturated carbocycles. The zero-order chi connectivity index (χ0) is 23.7. The summed E-state index contributed by atoms with van der Waals surface area (Å²) in [5, 5.41) is 5.19. The van der Waals surface area contributed by atoms with Crippen molar-refractivity contribution in [2.45, 2.75) is 18.6 Å². The van der Waals surface area contributed by atoms with E-state index in [2.05, 4.69) is 15.2 Å². The van der Waals surface area contributed by atoms with E-state index in [1.807, 2.05) is 60.7 Å². The summed E-state index contributed by atoms with van der Waals surface area (Å²) in [5.41, 5.74) is 2.76. The van der Waals surface area contributed by atoms with Crippen molar-refractivity contribution in [3.05, 3.63) is 106 Å². The van der Waals surface area contributed by atoms with Crippen LogP contribution in [0.4, 0.5) is 0 Å². The maximum atomic E-state index is 6.43.